The first kappa shape index (κ1) is 65.0. The molecule has 8 atom stereocenters. The molecule has 23 N–H and O–H groups in total. The van der Waals surface area contributed by atoms with E-state index in [1.54, 1.807) is 6.26 Å². The molecule has 0 saturated carbocycles. The summed E-state index contributed by atoms with van der Waals surface area (Å²) < 4.78 is 0. The van der Waals surface area contributed by atoms with Crippen LogP contribution < -0.4 is 76.1 Å². The molecule has 0 saturated heterocycles. The average Bonchev–Trinajstić information content (AvgIpc) is 3.28. The van der Waals surface area contributed by atoms with Gasteiger partial charge in [0.2, 0.25) is 59.1 Å². The van der Waals surface area contributed by atoms with Crippen LogP contribution in [0.3, 0.4) is 0 Å². The summed E-state index contributed by atoms with van der Waals surface area (Å²) in [5, 5.41) is 65.9. The number of rotatable bonds is 37. The molecule has 0 aromatic heterocycles. The second kappa shape index (κ2) is 34.3. The molecular weight excluding hydrogens is 993 g/mol. The van der Waals surface area contributed by atoms with E-state index in [9.17, 15) is 67.4 Å². The SMILES string of the molecule is CSCC[C@H](NC(=O)[C@H](CCC(=O)O)NC(=O)[C@H](CCC(=O)O)NC(C)=O)C(=O)N[C@@H](CC(N)=O)C(=O)N[C@@H](CCCNC(=N)N)C(=O)N[C@@H](CCCNC(=N)N)C(=O)N[C@@H](C)C(=O)N[C@@H](CC(=O)O)C(N)=O. The summed E-state index contributed by atoms with van der Waals surface area (Å²) in [5.41, 5.74) is 21.3. The van der Waals surface area contributed by atoms with Gasteiger partial charge in [0, 0.05) is 32.9 Å². The van der Waals surface area contributed by atoms with Gasteiger partial charge in [0.25, 0.3) is 0 Å². The zero-order valence-electron chi connectivity index (χ0n) is 40.4. The van der Waals surface area contributed by atoms with Gasteiger partial charge in [-0.2, -0.15) is 11.8 Å². The van der Waals surface area contributed by atoms with E-state index in [1.807, 2.05) is 0 Å². The van der Waals surface area contributed by atoms with Crippen LogP contribution in [0.15, 0.2) is 0 Å². The summed E-state index contributed by atoms with van der Waals surface area (Å²) in [7, 11) is 0. The summed E-state index contributed by atoms with van der Waals surface area (Å²) in [6.07, 6.45) is -2.92. The Labute approximate surface area is 422 Å². The number of thioether (sulfide) groups is 1. The van der Waals surface area contributed by atoms with Crippen molar-refractivity contribution in [2.24, 2.45) is 22.9 Å². The van der Waals surface area contributed by atoms with Gasteiger partial charge in [0.1, 0.15) is 48.3 Å². The molecule has 0 aliphatic rings. The highest BCUT2D eigenvalue weighted by atomic mass is 32.2. The predicted molar refractivity (Wildman–Crippen MR) is 257 cm³/mol. The number of amides is 10. The number of carboxylic acids is 3. The van der Waals surface area contributed by atoms with Crippen molar-refractivity contribution < 1.29 is 77.6 Å². The Kier molecular flexibility index (Phi) is 30.6. The Hall–Kier alpha value is -8.00. The van der Waals surface area contributed by atoms with Crippen LogP contribution in [0.1, 0.15) is 84.5 Å². The number of primary amides is 2. The van der Waals surface area contributed by atoms with Crippen LogP contribution >= 0.6 is 11.8 Å². The lowest BCUT2D eigenvalue weighted by Crippen LogP contribution is -2.60. The molecule has 32 nitrogen and oxygen atoms in total. The smallest absolute Gasteiger partial charge is 0.305 e. The maximum atomic E-state index is 14.0. The van der Waals surface area contributed by atoms with Gasteiger partial charge in [-0.15, -0.1) is 0 Å². The zero-order chi connectivity index (χ0) is 56.0. The molecular formula is C40H68N16O16S. The summed E-state index contributed by atoms with van der Waals surface area (Å²) in [6.45, 7) is 2.20. The minimum Gasteiger partial charge on any atom is -0.481 e. The average molecular weight is 1060 g/mol. The fourth-order valence-corrected chi connectivity index (χ4v) is 6.74. The maximum Gasteiger partial charge on any atom is 0.305 e. The quantitative estimate of drug-likeness (QED) is 0.0156. The van der Waals surface area contributed by atoms with E-state index < -0.39 is 176 Å². The number of nitrogens with one attached hydrogen (secondary N) is 12. The number of aliphatic carboxylic acids is 3. The van der Waals surface area contributed by atoms with Crippen LogP contribution in [0.2, 0.25) is 0 Å². The van der Waals surface area contributed by atoms with Crippen LogP contribution in [-0.4, -0.2) is 178 Å². The van der Waals surface area contributed by atoms with Crippen LogP contribution in [0.5, 0.6) is 0 Å². The molecule has 0 rings (SSSR count). The Morgan fingerprint density at radius 2 is 0.822 bits per heavy atom. The minimum atomic E-state index is -1.86. The molecule has 33 heteroatoms. The van der Waals surface area contributed by atoms with Gasteiger partial charge in [-0.1, -0.05) is 0 Å². The Balaban J connectivity index is 6.81. The molecule has 0 heterocycles. The fraction of sp³-hybridized carbons (Fsp3) is 0.625. The second-order valence-electron chi connectivity index (χ2n) is 16.1. The molecule has 0 spiro atoms. The number of carbonyl (C=O) groups is 13. The van der Waals surface area contributed by atoms with E-state index in [4.69, 9.17) is 44.0 Å². The zero-order valence-corrected chi connectivity index (χ0v) is 41.2. The number of nitrogens with two attached hydrogens (primary N) is 4. The van der Waals surface area contributed by atoms with Gasteiger partial charge >= 0.3 is 17.9 Å². The molecule has 0 aliphatic heterocycles. The highest BCUT2D eigenvalue weighted by molar-refractivity contribution is 7.98. The Morgan fingerprint density at radius 3 is 1.18 bits per heavy atom. The summed E-state index contributed by atoms with van der Waals surface area (Å²) >= 11 is 1.21. The van der Waals surface area contributed by atoms with Crippen molar-refractivity contribution in [2.75, 3.05) is 25.1 Å². The highest BCUT2D eigenvalue weighted by Gasteiger charge is 2.35. The molecule has 0 aliphatic carbocycles. The van der Waals surface area contributed by atoms with Crippen molar-refractivity contribution in [3.8, 4) is 0 Å². The van der Waals surface area contributed by atoms with E-state index in [0.29, 0.717) is 0 Å². The van der Waals surface area contributed by atoms with E-state index in [1.165, 1.54) is 18.7 Å². The van der Waals surface area contributed by atoms with Crippen LogP contribution in [0.25, 0.3) is 0 Å². The van der Waals surface area contributed by atoms with E-state index >= 15 is 0 Å². The second-order valence-corrected chi connectivity index (χ2v) is 17.1. The van der Waals surface area contributed by atoms with E-state index in [0.717, 1.165) is 6.92 Å². The first-order valence-corrected chi connectivity index (χ1v) is 23.7. The Morgan fingerprint density at radius 1 is 0.466 bits per heavy atom. The fourth-order valence-electron chi connectivity index (χ4n) is 6.26. The molecule has 73 heavy (non-hydrogen) atoms. The van der Waals surface area contributed by atoms with E-state index in [-0.39, 0.29) is 50.9 Å². The van der Waals surface area contributed by atoms with Gasteiger partial charge in [-0.3, -0.25) is 73.1 Å². The third-order valence-corrected chi connectivity index (χ3v) is 10.6. The largest absolute Gasteiger partial charge is 0.481 e. The van der Waals surface area contributed by atoms with Crippen molar-refractivity contribution in [1.82, 2.24) is 53.2 Å². The van der Waals surface area contributed by atoms with Gasteiger partial charge in [0.05, 0.1) is 12.8 Å². The minimum absolute atomic E-state index is 0.00621. The lowest BCUT2D eigenvalue weighted by Gasteiger charge is -2.27. The van der Waals surface area contributed by atoms with Gasteiger partial charge in [0.15, 0.2) is 11.9 Å². The molecule has 10 amide bonds. The van der Waals surface area contributed by atoms with Crippen molar-refractivity contribution >= 4 is 101 Å². The number of hydrogen-bond donors (Lipinski definition) is 19. The topological polar surface area (TPSA) is 555 Å². The predicted octanol–water partition coefficient (Wildman–Crippen LogP) is -7.25. The van der Waals surface area contributed by atoms with Crippen molar-refractivity contribution in [3.05, 3.63) is 0 Å². The normalized spacial score (nSPS) is 13.9. The number of guanidine groups is 2. The standard InChI is InChI=1S/C40H68N16O16S/c1-18(32(66)55-25(31(42)65)17-30(63)64)49-33(67)20(6-4-13-47-39(43)44)51-34(68)21(7-5-14-48-40(45)46)52-38(72)26(16-27(41)58)56-37(71)24(12-15-73-3)54-36(70)23(9-11-29(61)62)53-35(69)22(50-19(2)57)8-10-28(59)60/h18,20-26H,4-17H2,1-3H3,(H2,41,58)(H2,42,65)(H,49,67)(H,50,57)(H,51,68)(H,52,72)(H,53,69)(H,54,70)(H,55,66)(H,56,71)(H,59,60)(H,61,62)(H,63,64)(H4,43,44,47)(H4,45,46,48)/t18-,20-,21-,22-,23-,24-,25-,26-/m0/s1. The van der Waals surface area contributed by atoms with Gasteiger partial charge in [-0.25, -0.2) is 0 Å². The number of carboxylic acid groups (broad SMARTS) is 3. The van der Waals surface area contributed by atoms with Crippen molar-refractivity contribution in [2.45, 2.75) is 133 Å². The van der Waals surface area contributed by atoms with Crippen LogP contribution in [0.4, 0.5) is 0 Å². The molecule has 0 aromatic carbocycles. The molecule has 0 radical (unpaired) electrons. The summed E-state index contributed by atoms with van der Waals surface area (Å²) in [5.74, 6) is -15.4. The number of carbonyl (C=O) groups excluding carboxylic acids is 10. The third-order valence-electron chi connectivity index (χ3n) is 9.93. The van der Waals surface area contributed by atoms with Crippen LogP contribution in [0, 0.1) is 10.8 Å². The highest BCUT2D eigenvalue weighted by Crippen LogP contribution is 2.09. The third kappa shape index (κ3) is 29.1. The molecule has 0 fully saturated rings. The number of hydrogen-bond acceptors (Lipinski definition) is 16. The molecule has 0 unspecified atom stereocenters. The summed E-state index contributed by atoms with van der Waals surface area (Å²) in [6, 6.07) is -12.8. The molecule has 0 bridgehead atoms. The van der Waals surface area contributed by atoms with E-state index in [2.05, 4.69) is 53.2 Å². The lowest BCUT2D eigenvalue weighted by molar-refractivity contribution is -0.140. The summed E-state index contributed by atoms with van der Waals surface area (Å²) in [4.78, 5) is 165. The lowest BCUT2D eigenvalue weighted by atomic mass is 10.0. The Bertz CT molecular complexity index is 2030. The molecule has 410 valence electrons. The van der Waals surface area contributed by atoms with Crippen molar-refractivity contribution in [3.63, 3.8) is 0 Å². The van der Waals surface area contributed by atoms with Gasteiger partial charge in [-0.05, 0) is 63.9 Å². The van der Waals surface area contributed by atoms with Gasteiger partial charge < -0.3 is 91.4 Å². The monoisotopic (exact) mass is 1060 g/mol. The first-order chi connectivity index (χ1) is 34.1. The van der Waals surface area contributed by atoms with Crippen LogP contribution in [-0.2, 0) is 62.3 Å². The first-order valence-electron chi connectivity index (χ1n) is 22.4. The maximum absolute atomic E-state index is 14.0. The van der Waals surface area contributed by atoms with Crippen molar-refractivity contribution in [1.29, 1.82) is 10.8 Å². The molecule has 0 aromatic rings.